The molecule has 48 heavy (non-hydrogen) atoms. The topological polar surface area (TPSA) is 93.3 Å². The Kier molecular flexibility index (Phi) is 10.0. The molecule has 0 aliphatic carbocycles. The molecule has 2 heterocycles. The van der Waals surface area contributed by atoms with Crippen LogP contribution >= 0.6 is 7.82 Å². The van der Waals surface area contributed by atoms with Gasteiger partial charge >= 0.3 is 7.82 Å². The van der Waals surface area contributed by atoms with Crippen LogP contribution < -0.4 is 0 Å². The Hall–Kier alpha value is -4.80. The van der Waals surface area contributed by atoms with Gasteiger partial charge in [0, 0.05) is 30.8 Å². The van der Waals surface area contributed by atoms with Gasteiger partial charge in [-0.1, -0.05) is 97.9 Å². The van der Waals surface area contributed by atoms with Crippen LogP contribution in [-0.4, -0.2) is 24.5 Å². The maximum atomic E-state index is 16.1. The summed E-state index contributed by atoms with van der Waals surface area (Å²) in [6, 6.07) is 31.0. The third kappa shape index (κ3) is 7.50. The van der Waals surface area contributed by atoms with E-state index >= 15 is 4.39 Å². The summed E-state index contributed by atoms with van der Waals surface area (Å²) in [4.78, 5) is 4.07. The Bertz CT molecular complexity index is 1930. The number of aromatic nitrogens is 5. The third-order valence-corrected chi connectivity index (χ3v) is 9.66. The molecule has 2 aromatic heterocycles. The van der Waals surface area contributed by atoms with Gasteiger partial charge in [-0.2, -0.15) is 10.2 Å². The fourth-order valence-corrected chi connectivity index (χ4v) is 7.12. The fourth-order valence-electron chi connectivity index (χ4n) is 5.61. The molecule has 0 amide bonds. The number of aryl methyl sites for hydroxylation is 1. The minimum atomic E-state index is -4.55. The minimum absolute atomic E-state index is 0.0607. The van der Waals surface area contributed by atoms with Crippen LogP contribution in [0.1, 0.15) is 35.1 Å². The summed E-state index contributed by atoms with van der Waals surface area (Å²) in [6.45, 7) is 1.41. The predicted molar refractivity (Wildman–Crippen MR) is 176 cm³/mol. The number of phosphoric acid groups is 1. The van der Waals surface area contributed by atoms with Crippen molar-refractivity contribution in [1.29, 1.82) is 0 Å². The molecule has 2 atom stereocenters. The summed E-state index contributed by atoms with van der Waals surface area (Å²) >= 11 is 0. The van der Waals surface area contributed by atoms with Gasteiger partial charge in [-0.05, 0) is 34.4 Å². The van der Waals surface area contributed by atoms with E-state index in [1.54, 1.807) is 10.9 Å². The van der Waals surface area contributed by atoms with Crippen molar-refractivity contribution in [3.8, 4) is 11.3 Å². The van der Waals surface area contributed by atoms with E-state index in [1.807, 2.05) is 105 Å². The lowest BCUT2D eigenvalue weighted by Gasteiger charge is -2.41. The summed E-state index contributed by atoms with van der Waals surface area (Å²) in [7, 11) is -2.70. The van der Waals surface area contributed by atoms with Crippen molar-refractivity contribution >= 4 is 7.82 Å². The molecule has 0 aliphatic rings. The first-order chi connectivity index (χ1) is 23.2. The van der Waals surface area contributed by atoms with Crippen LogP contribution in [0.4, 0.5) is 8.78 Å². The predicted octanol–water partition coefficient (Wildman–Crippen LogP) is 8.21. The van der Waals surface area contributed by atoms with Crippen LogP contribution in [0, 0.1) is 11.6 Å². The lowest BCUT2D eigenvalue weighted by molar-refractivity contribution is -0.0312. The molecule has 4 aromatic carbocycles. The molecule has 0 unspecified atom stereocenters. The second kappa shape index (κ2) is 14.5. The summed E-state index contributed by atoms with van der Waals surface area (Å²) in [5.41, 5.74) is 2.08. The summed E-state index contributed by atoms with van der Waals surface area (Å²) in [5.74, 6) is -2.40. The molecule has 0 saturated heterocycles. The number of halogens is 2. The van der Waals surface area contributed by atoms with Gasteiger partial charge in [-0.15, -0.1) is 0 Å². The maximum Gasteiger partial charge on any atom is 0.476 e. The average molecular weight is 670 g/mol. The zero-order chi connectivity index (χ0) is 33.6. The van der Waals surface area contributed by atoms with Crippen molar-refractivity contribution in [2.24, 2.45) is 7.05 Å². The molecular formula is C36H34F2N5O4P. The zero-order valence-electron chi connectivity index (χ0n) is 26.4. The van der Waals surface area contributed by atoms with E-state index in [0.717, 1.165) is 34.5 Å². The quantitative estimate of drug-likeness (QED) is 0.108. The molecule has 6 aromatic rings. The van der Waals surface area contributed by atoms with Gasteiger partial charge in [0.25, 0.3) is 0 Å². The third-order valence-electron chi connectivity index (χ3n) is 8.22. The van der Waals surface area contributed by atoms with Crippen molar-refractivity contribution in [2.45, 2.75) is 38.2 Å². The monoisotopic (exact) mass is 669 g/mol. The molecular weight excluding hydrogens is 635 g/mol. The second-order valence-electron chi connectivity index (χ2n) is 11.3. The molecule has 9 nitrogen and oxygen atoms in total. The molecule has 0 bridgehead atoms. The first kappa shape index (κ1) is 33.1. The zero-order valence-corrected chi connectivity index (χ0v) is 27.3. The number of nitrogens with zero attached hydrogens (tertiary/aromatic N) is 5. The van der Waals surface area contributed by atoms with Crippen molar-refractivity contribution in [2.75, 3.05) is 0 Å². The first-order valence-corrected chi connectivity index (χ1v) is 16.7. The molecule has 0 aliphatic heterocycles. The van der Waals surface area contributed by atoms with E-state index in [-0.39, 0.29) is 25.3 Å². The summed E-state index contributed by atoms with van der Waals surface area (Å²) in [6.07, 6.45) is 4.48. The van der Waals surface area contributed by atoms with E-state index in [1.165, 1.54) is 23.4 Å². The van der Waals surface area contributed by atoms with Crippen LogP contribution in [0.15, 0.2) is 128 Å². The smallest absolute Gasteiger partial charge is 0.282 e. The number of benzene rings is 4. The molecule has 0 N–H and O–H groups in total. The lowest BCUT2D eigenvalue weighted by Crippen LogP contribution is -2.40. The normalized spacial score (nSPS) is 13.7. The molecule has 0 saturated carbocycles. The summed E-state index contributed by atoms with van der Waals surface area (Å²) < 4.78 is 67.3. The number of hydrogen-bond donors (Lipinski definition) is 0. The van der Waals surface area contributed by atoms with Gasteiger partial charge in [0.2, 0.25) is 0 Å². The number of hydrogen-bond acceptors (Lipinski definition) is 7. The Morgan fingerprint density at radius 3 is 2.02 bits per heavy atom. The highest BCUT2D eigenvalue weighted by atomic mass is 31.2. The Morgan fingerprint density at radius 1 is 0.833 bits per heavy atom. The van der Waals surface area contributed by atoms with Gasteiger partial charge in [0.1, 0.15) is 29.9 Å². The standard InChI is InChI=1S/C36H34F2N5O4P/c1-27(30-13-15-31(16-14-30)35-19-20-40-42(35)2)36(24-43-26-39-25-41-43,33-18-17-32(37)21-34(33)38)47-48(44,45-22-28-9-5-3-6-10-28)46-23-29-11-7-4-8-12-29/h3-21,25-27H,22-24H2,1-2H3/t27-,36+/m0/s1. The molecule has 0 fully saturated rings. The van der Waals surface area contributed by atoms with Gasteiger partial charge in [0.05, 0.1) is 25.5 Å². The molecule has 246 valence electrons. The summed E-state index contributed by atoms with van der Waals surface area (Å²) in [5, 5.41) is 8.53. The highest BCUT2D eigenvalue weighted by Crippen LogP contribution is 2.60. The van der Waals surface area contributed by atoms with Crippen LogP contribution in [0.25, 0.3) is 11.3 Å². The molecule has 0 spiro atoms. The molecule has 0 radical (unpaired) electrons. The van der Waals surface area contributed by atoms with Gasteiger partial charge in [0.15, 0.2) is 0 Å². The maximum absolute atomic E-state index is 16.1. The minimum Gasteiger partial charge on any atom is -0.282 e. The highest BCUT2D eigenvalue weighted by molar-refractivity contribution is 7.48. The molecule has 12 heteroatoms. The van der Waals surface area contributed by atoms with Gasteiger partial charge in [-0.25, -0.2) is 23.0 Å². The van der Waals surface area contributed by atoms with Crippen LogP contribution in [0.3, 0.4) is 0 Å². The van der Waals surface area contributed by atoms with E-state index in [9.17, 15) is 8.96 Å². The van der Waals surface area contributed by atoms with Crippen LogP contribution in [0.2, 0.25) is 0 Å². The highest BCUT2D eigenvalue weighted by Gasteiger charge is 2.49. The Labute approximate surface area is 277 Å². The number of rotatable bonds is 14. The van der Waals surface area contributed by atoms with Gasteiger partial charge in [-0.3, -0.25) is 18.3 Å². The average Bonchev–Trinajstić information content (AvgIpc) is 3.78. The van der Waals surface area contributed by atoms with Crippen molar-refractivity contribution < 1.29 is 26.9 Å². The Morgan fingerprint density at radius 2 is 1.48 bits per heavy atom. The Balaban J connectivity index is 1.47. The van der Waals surface area contributed by atoms with E-state index < -0.39 is 31.0 Å². The molecule has 6 rings (SSSR count). The van der Waals surface area contributed by atoms with Crippen molar-refractivity contribution in [3.63, 3.8) is 0 Å². The van der Waals surface area contributed by atoms with Crippen molar-refractivity contribution in [3.05, 3.63) is 162 Å². The lowest BCUT2D eigenvalue weighted by atomic mass is 9.77. The second-order valence-corrected chi connectivity index (χ2v) is 12.9. The van der Waals surface area contributed by atoms with Crippen LogP contribution in [-0.2, 0) is 50.5 Å². The van der Waals surface area contributed by atoms with E-state index in [4.69, 9.17) is 13.6 Å². The SMILES string of the molecule is C[C@@H](c1ccc(-c2ccnn2C)cc1)[C@@](Cn1cncn1)(OP(=O)(OCc1ccccc1)OCc1ccccc1)c1ccc(F)cc1F. The fraction of sp³-hybridized carbons (Fsp3) is 0.194. The van der Waals surface area contributed by atoms with Gasteiger partial charge < -0.3 is 0 Å². The number of phosphoric ester groups is 1. The van der Waals surface area contributed by atoms with E-state index in [2.05, 4.69) is 15.2 Å². The van der Waals surface area contributed by atoms with Crippen LogP contribution in [0.5, 0.6) is 0 Å². The van der Waals surface area contributed by atoms with Crippen molar-refractivity contribution in [1.82, 2.24) is 24.5 Å². The van der Waals surface area contributed by atoms with E-state index in [0.29, 0.717) is 5.56 Å². The first-order valence-electron chi connectivity index (χ1n) is 15.3. The largest absolute Gasteiger partial charge is 0.476 e.